The molecule has 9 aromatic carbocycles. The summed E-state index contributed by atoms with van der Waals surface area (Å²) >= 11 is 0. The largest absolute Gasteiger partial charge is 0.455 e. The van der Waals surface area contributed by atoms with E-state index in [1.54, 1.807) is 0 Å². The van der Waals surface area contributed by atoms with Crippen molar-refractivity contribution in [2.45, 2.75) is 5.41 Å². The fourth-order valence-electron chi connectivity index (χ4n) is 9.95. The molecule has 0 saturated carbocycles. The maximum Gasteiger partial charge on any atom is 0.145 e. The zero-order chi connectivity index (χ0) is 36.1. The van der Waals surface area contributed by atoms with Gasteiger partial charge in [-0.3, -0.25) is 0 Å². The number of furan rings is 1. The minimum atomic E-state index is -0.458. The molecular formula is C53H33NO. The quantitative estimate of drug-likeness (QED) is 0.182. The first-order valence-electron chi connectivity index (χ1n) is 19.0. The molecule has 0 fully saturated rings. The van der Waals surface area contributed by atoms with Crippen LogP contribution in [0.1, 0.15) is 22.3 Å². The third kappa shape index (κ3) is 4.03. The lowest BCUT2D eigenvalue weighted by atomic mass is 9.70. The highest BCUT2D eigenvalue weighted by Gasteiger charge is 2.51. The first-order chi connectivity index (χ1) is 27.3. The zero-order valence-electron chi connectivity index (χ0n) is 29.9. The van der Waals surface area contributed by atoms with E-state index in [2.05, 4.69) is 205 Å². The number of fused-ring (bicyclic) bond motifs is 15. The molecule has 0 bridgehead atoms. The van der Waals surface area contributed by atoms with Crippen molar-refractivity contribution >= 4 is 49.8 Å². The minimum Gasteiger partial charge on any atom is -0.455 e. The van der Waals surface area contributed by atoms with Crippen molar-refractivity contribution in [3.8, 4) is 33.4 Å². The molecular weight excluding hydrogens is 667 g/mol. The van der Waals surface area contributed by atoms with Crippen LogP contribution >= 0.6 is 0 Å². The Morgan fingerprint density at radius 2 is 0.891 bits per heavy atom. The number of rotatable bonds is 4. The predicted molar refractivity (Wildman–Crippen MR) is 228 cm³/mol. The number of hydrogen-bond donors (Lipinski definition) is 0. The molecule has 55 heavy (non-hydrogen) atoms. The monoisotopic (exact) mass is 699 g/mol. The molecule has 0 radical (unpaired) electrons. The van der Waals surface area contributed by atoms with Crippen LogP contribution in [0.5, 0.6) is 0 Å². The van der Waals surface area contributed by atoms with Crippen molar-refractivity contribution in [1.29, 1.82) is 0 Å². The van der Waals surface area contributed by atoms with E-state index in [-0.39, 0.29) is 0 Å². The van der Waals surface area contributed by atoms with E-state index in [4.69, 9.17) is 4.42 Å². The smallest absolute Gasteiger partial charge is 0.145 e. The Morgan fingerprint density at radius 3 is 1.55 bits per heavy atom. The lowest BCUT2D eigenvalue weighted by Gasteiger charge is -2.33. The summed E-state index contributed by atoms with van der Waals surface area (Å²) < 4.78 is 6.86. The van der Waals surface area contributed by atoms with Crippen LogP contribution < -0.4 is 4.90 Å². The number of para-hydroxylation sites is 2. The molecule has 2 nitrogen and oxygen atoms in total. The molecule has 1 spiro atoms. The van der Waals surface area contributed by atoms with Crippen LogP contribution in [0.25, 0.3) is 66.1 Å². The Hall–Kier alpha value is -7.16. The van der Waals surface area contributed by atoms with Crippen LogP contribution in [-0.2, 0) is 5.41 Å². The highest BCUT2D eigenvalue weighted by molar-refractivity contribution is 6.27. The first kappa shape index (κ1) is 30.3. The molecule has 2 heteroatoms. The molecule has 0 saturated heterocycles. The number of benzene rings is 9. The van der Waals surface area contributed by atoms with E-state index in [1.165, 1.54) is 50.1 Å². The summed E-state index contributed by atoms with van der Waals surface area (Å²) in [5.41, 5.74) is 17.4. The summed E-state index contributed by atoms with van der Waals surface area (Å²) in [6, 6.07) is 73.2. The number of nitrogens with zero attached hydrogens (tertiary/aromatic N) is 1. The molecule has 0 amide bonds. The average Bonchev–Trinajstić information content (AvgIpc) is 3.89. The van der Waals surface area contributed by atoms with Crippen LogP contribution in [0, 0.1) is 0 Å². The number of anilines is 3. The summed E-state index contributed by atoms with van der Waals surface area (Å²) in [6.07, 6.45) is 0. The highest BCUT2D eigenvalue weighted by Crippen LogP contribution is 2.63. The van der Waals surface area contributed by atoms with Crippen molar-refractivity contribution in [2.75, 3.05) is 4.90 Å². The third-order valence-electron chi connectivity index (χ3n) is 12.0. The maximum atomic E-state index is 6.86. The summed E-state index contributed by atoms with van der Waals surface area (Å²) in [6.45, 7) is 0. The molecule has 2 aliphatic carbocycles. The van der Waals surface area contributed by atoms with Gasteiger partial charge in [0.15, 0.2) is 0 Å². The molecule has 0 N–H and O–H groups in total. The van der Waals surface area contributed by atoms with E-state index in [1.807, 2.05) is 0 Å². The second-order valence-electron chi connectivity index (χ2n) is 14.7. The predicted octanol–water partition coefficient (Wildman–Crippen LogP) is 14.2. The van der Waals surface area contributed by atoms with Gasteiger partial charge in [0.1, 0.15) is 11.2 Å². The Bertz CT molecular complexity index is 3090. The SMILES string of the molecule is c1ccc(-c2c(N(c3ccccc3)c3ccc4c(c3)C3(c5ccccc5-c5ccccc53)c3ccccc3-4)c3c4ccccc4oc3c3ccccc23)cc1. The second-order valence-corrected chi connectivity index (χ2v) is 14.7. The van der Waals surface area contributed by atoms with Crippen LogP contribution in [0.3, 0.4) is 0 Å². The summed E-state index contributed by atoms with van der Waals surface area (Å²) in [4.78, 5) is 2.49. The standard InChI is InChI=1S/C53H33NO/c1-3-17-34(18-4-1)49-41-24-7-8-25-42(41)52-50(43-26-12-16-30-48(43)55-52)51(49)54(35-19-5-2-6-20-35)36-31-32-40-39-23-11-15-29-46(39)53(47(40)33-36)44-27-13-9-21-37(44)38-22-10-14-28-45(38)53/h1-33H. The molecule has 12 rings (SSSR count). The van der Waals surface area contributed by atoms with Crippen LogP contribution in [0.15, 0.2) is 205 Å². The van der Waals surface area contributed by atoms with Gasteiger partial charge in [-0.05, 0) is 85.8 Å². The van der Waals surface area contributed by atoms with Gasteiger partial charge < -0.3 is 9.32 Å². The Balaban J connectivity index is 1.24. The van der Waals surface area contributed by atoms with E-state index < -0.39 is 5.41 Å². The van der Waals surface area contributed by atoms with Gasteiger partial charge in [0, 0.05) is 27.7 Å². The van der Waals surface area contributed by atoms with Gasteiger partial charge >= 0.3 is 0 Å². The lowest BCUT2D eigenvalue weighted by Crippen LogP contribution is -2.26. The van der Waals surface area contributed by atoms with Gasteiger partial charge in [0.25, 0.3) is 0 Å². The Kier molecular flexibility index (Phi) is 6.29. The molecule has 0 aliphatic heterocycles. The molecule has 256 valence electrons. The van der Waals surface area contributed by atoms with E-state index in [0.717, 1.165) is 55.3 Å². The average molecular weight is 700 g/mol. The van der Waals surface area contributed by atoms with Gasteiger partial charge in [-0.1, -0.05) is 170 Å². The van der Waals surface area contributed by atoms with Crippen molar-refractivity contribution in [2.24, 2.45) is 0 Å². The van der Waals surface area contributed by atoms with Gasteiger partial charge in [0.05, 0.1) is 16.5 Å². The molecule has 10 aromatic rings. The number of hydrogen-bond acceptors (Lipinski definition) is 2. The van der Waals surface area contributed by atoms with Crippen LogP contribution in [-0.4, -0.2) is 0 Å². The summed E-state index contributed by atoms with van der Waals surface area (Å²) in [7, 11) is 0. The van der Waals surface area contributed by atoms with Crippen molar-refractivity contribution < 1.29 is 4.42 Å². The summed E-state index contributed by atoms with van der Waals surface area (Å²) in [5, 5.41) is 4.46. The van der Waals surface area contributed by atoms with Gasteiger partial charge in [0.2, 0.25) is 0 Å². The first-order valence-corrected chi connectivity index (χ1v) is 19.0. The second kappa shape index (κ2) is 11.4. The molecule has 0 unspecified atom stereocenters. The van der Waals surface area contributed by atoms with Crippen molar-refractivity contribution in [3.63, 3.8) is 0 Å². The molecule has 1 heterocycles. The highest BCUT2D eigenvalue weighted by atomic mass is 16.3. The normalized spacial score (nSPS) is 13.2. The molecule has 0 atom stereocenters. The van der Waals surface area contributed by atoms with E-state index in [0.29, 0.717) is 0 Å². The topological polar surface area (TPSA) is 16.4 Å². The fourth-order valence-corrected chi connectivity index (χ4v) is 9.95. The minimum absolute atomic E-state index is 0.458. The Labute approximate surface area is 319 Å². The van der Waals surface area contributed by atoms with Crippen molar-refractivity contribution in [1.82, 2.24) is 0 Å². The van der Waals surface area contributed by atoms with Gasteiger partial charge in [-0.2, -0.15) is 0 Å². The van der Waals surface area contributed by atoms with Crippen molar-refractivity contribution in [3.05, 3.63) is 222 Å². The third-order valence-corrected chi connectivity index (χ3v) is 12.0. The van der Waals surface area contributed by atoms with Gasteiger partial charge in [-0.25, -0.2) is 0 Å². The van der Waals surface area contributed by atoms with Gasteiger partial charge in [-0.15, -0.1) is 0 Å². The van der Waals surface area contributed by atoms with Crippen LogP contribution in [0.4, 0.5) is 17.1 Å². The molecule has 2 aliphatic rings. The summed E-state index contributed by atoms with van der Waals surface area (Å²) in [5.74, 6) is 0. The fraction of sp³-hybridized carbons (Fsp3) is 0.0189. The maximum absolute atomic E-state index is 6.86. The molecule has 1 aromatic heterocycles. The van der Waals surface area contributed by atoms with E-state index in [9.17, 15) is 0 Å². The Morgan fingerprint density at radius 1 is 0.382 bits per heavy atom. The van der Waals surface area contributed by atoms with E-state index >= 15 is 0 Å². The van der Waals surface area contributed by atoms with Crippen LogP contribution in [0.2, 0.25) is 0 Å². The zero-order valence-corrected chi connectivity index (χ0v) is 29.9. The lowest BCUT2D eigenvalue weighted by molar-refractivity contribution is 0.672.